The van der Waals surface area contributed by atoms with Gasteiger partial charge in [0.25, 0.3) is 0 Å². The molecular formula is C12H8F2N2O5. The number of furan rings is 1. The molecule has 2 aromatic rings. The fourth-order valence-electron chi connectivity index (χ4n) is 1.59. The van der Waals surface area contributed by atoms with E-state index in [0.717, 1.165) is 12.1 Å². The summed E-state index contributed by atoms with van der Waals surface area (Å²) in [6.07, 6.45) is 0. The number of nitro groups is 1. The van der Waals surface area contributed by atoms with Gasteiger partial charge >= 0.3 is 11.9 Å². The maximum absolute atomic E-state index is 13.5. The van der Waals surface area contributed by atoms with Gasteiger partial charge in [0.15, 0.2) is 0 Å². The molecule has 0 amide bonds. The van der Waals surface area contributed by atoms with Crippen molar-refractivity contribution in [3.8, 4) is 0 Å². The Labute approximate surface area is 116 Å². The van der Waals surface area contributed by atoms with E-state index >= 15 is 0 Å². The average molecular weight is 298 g/mol. The van der Waals surface area contributed by atoms with E-state index in [9.17, 15) is 23.7 Å². The number of halogens is 2. The minimum atomic E-state index is -1.54. The number of anilines is 1. The number of nitrogens with one attached hydrogen (secondary N) is 1. The first-order chi connectivity index (χ1) is 9.88. The van der Waals surface area contributed by atoms with Crippen LogP contribution < -0.4 is 5.32 Å². The van der Waals surface area contributed by atoms with Crippen LogP contribution in [-0.2, 0) is 6.54 Å². The van der Waals surface area contributed by atoms with E-state index in [1.807, 2.05) is 0 Å². The molecule has 0 aliphatic rings. The second-order valence-electron chi connectivity index (χ2n) is 3.97. The molecule has 0 fully saturated rings. The van der Waals surface area contributed by atoms with Crippen LogP contribution in [-0.4, -0.2) is 16.0 Å². The lowest BCUT2D eigenvalue weighted by Crippen LogP contribution is -2.06. The summed E-state index contributed by atoms with van der Waals surface area (Å²) >= 11 is 0. The molecule has 7 nitrogen and oxygen atoms in total. The van der Waals surface area contributed by atoms with Crippen molar-refractivity contribution in [2.24, 2.45) is 0 Å². The minimum Gasteiger partial charge on any atom is -0.478 e. The number of carboxylic acids is 1. The van der Waals surface area contributed by atoms with Gasteiger partial charge in [-0.05, 0) is 12.1 Å². The number of rotatable bonds is 5. The molecule has 110 valence electrons. The highest BCUT2D eigenvalue weighted by Gasteiger charge is 2.16. The first kappa shape index (κ1) is 14.4. The van der Waals surface area contributed by atoms with Crippen molar-refractivity contribution in [3.05, 3.63) is 57.3 Å². The number of carbonyl (C=O) groups is 1. The van der Waals surface area contributed by atoms with Crippen LogP contribution in [0.1, 0.15) is 16.1 Å². The van der Waals surface area contributed by atoms with Crippen LogP contribution in [0.4, 0.5) is 20.4 Å². The maximum Gasteiger partial charge on any atom is 0.433 e. The van der Waals surface area contributed by atoms with E-state index in [0.29, 0.717) is 6.07 Å². The van der Waals surface area contributed by atoms with Crippen molar-refractivity contribution < 1.29 is 28.0 Å². The zero-order chi connectivity index (χ0) is 15.6. The van der Waals surface area contributed by atoms with Gasteiger partial charge < -0.3 is 14.8 Å². The third-order valence-corrected chi connectivity index (χ3v) is 2.57. The largest absolute Gasteiger partial charge is 0.478 e. The molecule has 0 spiro atoms. The fraction of sp³-hybridized carbons (Fsp3) is 0.0833. The van der Waals surface area contributed by atoms with Gasteiger partial charge in [-0.25, -0.2) is 13.6 Å². The highest BCUT2D eigenvalue weighted by molar-refractivity contribution is 5.89. The predicted molar refractivity (Wildman–Crippen MR) is 66.0 cm³/mol. The summed E-state index contributed by atoms with van der Waals surface area (Å²) in [6, 6.07) is 3.67. The van der Waals surface area contributed by atoms with Crippen LogP contribution in [0, 0.1) is 21.7 Å². The van der Waals surface area contributed by atoms with Crippen molar-refractivity contribution in [2.75, 3.05) is 5.32 Å². The monoisotopic (exact) mass is 298 g/mol. The van der Waals surface area contributed by atoms with Gasteiger partial charge in [-0.3, -0.25) is 10.1 Å². The molecule has 0 saturated heterocycles. The van der Waals surface area contributed by atoms with Gasteiger partial charge in [-0.15, -0.1) is 0 Å². The summed E-state index contributed by atoms with van der Waals surface area (Å²) in [6.45, 7) is -0.130. The average Bonchev–Trinajstić information content (AvgIpc) is 2.86. The molecule has 0 aliphatic carbocycles. The maximum atomic E-state index is 13.5. The van der Waals surface area contributed by atoms with Gasteiger partial charge in [0.2, 0.25) is 0 Å². The topological polar surface area (TPSA) is 106 Å². The Balaban J connectivity index is 2.17. The summed E-state index contributed by atoms with van der Waals surface area (Å²) in [5.41, 5.74) is -0.947. The number of nitrogens with zero attached hydrogens (tertiary/aromatic N) is 1. The summed E-state index contributed by atoms with van der Waals surface area (Å²) < 4.78 is 31.5. The van der Waals surface area contributed by atoms with Crippen LogP contribution in [0.2, 0.25) is 0 Å². The third-order valence-electron chi connectivity index (χ3n) is 2.57. The van der Waals surface area contributed by atoms with Crippen LogP contribution >= 0.6 is 0 Å². The standard InChI is InChI=1S/C12H8F2N2O5/c13-8-4-9(14)10(3-7(8)12(17)18)15-5-6-1-2-11(21-6)16(19)20/h1-4,15H,5H2,(H,17,18). The highest BCUT2D eigenvalue weighted by atomic mass is 19.1. The Morgan fingerprint density at radius 1 is 1.33 bits per heavy atom. The second kappa shape index (κ2) is 5.57. The van der Waals surface area contributed by atoms with Gasteiger partial charge in [-0.2, -0.15) is 0 Å². The first-order valence-corrected chi connectivity index (χ1v) is 5.58. The molecular weight excluding hydrogens is 290 g/mol. The van der Waals surface area contributed by atoms with Gasteiger partial charge in [0, 0.05) is 6.07 Å². The van der Waals surface area contributed by atoms with E-state index < -0.39 is 34.0 Å². The summed E-state index contributed by atoms with van der Waals surface area (Å²) in [5, 5.41) is 21.7. The van der Waals surface area contributed by atoms with E-state index in [4.69, 9.17) is 9.52 Å². The first-order valence-electron chi connectivity index (χ1n) is 5.58. The fourth-order valence-corrected chi connectivity index (χ4v) is 1.59. The van der Waals surface area contributed by atoms with Gasteiger partial charge in [0.05, 0.1) is 23.9 Å². The zero-order valence-electron chi connectivity index (χ0n) is 10.3. The van der Waals surface area contributed by atoms with Crippen molar-refractivity contribution in [1.29, 1.82) is 0 Å². The van der Waals surface area contributed by atoms with Crippen molar-refractivity contribution in [3.63, 3.8) is 0 Å². The quantitative estimate of drug-likeness (QED) is 0.649. The molecule has 0 saturated carbocycles. The number of hydrogen-bond acceptors (Lipinski definition) is 5. The number of hydrogen-bond donors (Lipinski definition) is 2. The van der Waals surface area contributed by atoms with E-state index in [2.05, 4.69) is 5.32 Å². The smallest absolute Gasteiger partial charge is 0.433 e. The lowest BCUT2D eigenvalue weighted by atomic mass is 10.1. The molecule has 1 heterocycles. The molecule has 21 heavy (non-hydrogen) atoms. The Morgan fingerprint density at radius 2 is 2.05 bits per heavy atom. The Bertz CT molecular complexity index is 714. The van der Waals surface area contributed by atoms with Crippen molar-refractivity contribution in [1.82, 2.24) is 0 Å². The molecule has 0 unspecified atom stereocenters. The van der Waals surface area contributed by atoms with E-state index in [-0.39, 0.29) is 18.0 Å². The molecule has 2 N–H and O–H groups in total. The zero-order valence-corrected chi connectivity index (χ0v) is 10.3. The van der Waals surface area contributed by atoms with Crippen LogP contribution in [0.3, 0.4) is 0 Å². The third kappa shape index (κ3) is 3.14. The Hall–Kier alpha value is -2.97. The Kier molecular flexibility index (Phi) is 3.83. The van der Waals surface area contributed by atoms with Gasteiger partial charge in [0.1, 0.15) is 22.3 Å². The molecule has 2 rings (SSSR count). The molecule has 9 heteroatoms. The highest BCUT2D eigenvalue weighted by Crippen LogP contribution is 2.22. The van der Waals surface area contributed by atoms with E-state index in [1.54, 1.807) is 0 Å². The molecule has 1 aromatic carbocycles. The summed E-state index contributed by atoms with van der Waals surface area (Å²) in [7, 11) is 0. The summed E-state index contributed by atoms with van der Waals surface area (Å²) in [5.74, 6) is -4.05. The molecule has 1 aromatic heterocycles. The second-order valence-corrected chi connectivity index (χ2v) is 3.97. The predicted octanol–water partition coefficient (Wildman–Crippen LogP) is 2.78. The number of carboxylic acid groups (broad SMARTS) is 1. The lowest BCUT2D eigenvalue weighted by Gasteiger charge is -2.07. The summed E-state index contributed by atoms with van der Waals surface area (Å²) in [4.78, 5) is 20.4. The SMILES string of the molecule is O=C(O)c1cc(NCc2ccc([N+](=O)[O-])o2)c(F)cc1F. The van der Waals surface area contributed by atoms with Crippen LogP contribution in [0.25, 0.3) is 0 Å². The van der Waals surface area contributed by atoms with Crippen LogP contribution in [0.5, 0.6) is 0 Å². The normalized spacial score (nSPS) is 10.4. The molecule has 0 bridgehead atoms. The molecule has 0 radical (unpaired) electrons. The number of benzene rings is 1. The van der Waals surface area contributed by atoms with E-state index in [1.165, 1.54) is 6.07 Å². The van der Waals surface area contributed by atoms with Gasteiger partial charge in [-0.1, -0.05) is 0 Å². The Morgan fingerprint density at radius 3 is 2.62 bits per heavy atom. The van der Waals surface area contributed by atoms with Crippen LogP contribution in [0.15, 0.2) is 28.7 Å². The van der Waals surface area contributed by atoms with Crippen molar-refractivity contribution in [2.45, 2.75) is 6.54 Å². The lowest BCUT2D eigenvalue weighted by molar-refractivity contribution is -0.402. The molecule has 0 aliphatic heterocycles. The van der Waals surface area contributed by atoms with Crippen molar-refractivity contribution >= 4 is 17.5 Å². The molecule has 0 atom stereocenters. The number of aromatic carboxylic acids is 1. The minimum absolute atomic E-state index is 0.130.